The van der Waals surface area contributed by atoms with Gasteiger partial charge in [-0.2, -0.15) is 0 Å². The van der Waals surface area contributed by atoms with Crippen LogP contribution < -0.4 is 5.32 Å². The number of carbonyl (C=O) groups is 1. The number of nitro groups is 1. The van der Waals surface area contributed by atoms with E-state index < -0.39 is 4.92 Å². The van der Waals surface area contributed by atoms with Crippen molar-refractivity contribution in [3.05, 3.63) is 111 Å². The molecule has 47 heavy (non-hydrogen) atoms. The van der Waals surface area contributed by atoms with Crippen LogP contribution in [-0.2, 0) is 19.4 Å². The van der Waals surface area contributed by atoms with Crippen molar-refractivity contribution in [2.75, 3.05) is 5.32 Å². The standard InChI is InChI=1S/C36H36N6O3S2/c1-5-41-32(23-12-8-6-9-13-23)39-40-35(41)47-29-19-17-27(42(44)45)20-24(29)22-37-34-31(33(43)38-26-14-10-7-11-15-26)28-18-16-25(36(2,3)4)21-30(28)46-34/h6-15,17,19-20,22,25H,5,16,18,21H2,1-4H3,(H,38,43)/t25-/m1/s1. The van der Waals surface area contributed by atoms with Crippen LogP contribution in [0, 0.1) is 21.4 Å². The minimum absolute atomic E-state index is 0.0433. The van der Waals surface area contributed by atoms with Gasteiger partial charge in [-0.05, 0) is 73.0 Å². The smallest absolute Gasteiger partial charge is 0.270 e. The minimum Gasteiger partial charge on any atom is -0.322 e. The molecule has 5 aromatic rings. The van der Waals surface area contributed by atoms with Crippen molar-refractivity contribution < 1.29 is 9.72 Å². The molecule has 1 atom stereocenters. The Morgan fingerprint density at radius 2 is 1.83 bits per heavy atom. The van der Waals surface area contributed by atoms with Crippen LogP contribution in [-0.4, -0.2) is 31.8 Å². The van der Waals surface area contributed by atoms with E-state index in [1.807, 2.05) is 72.2 Å². The highest BCUT2D eigenvalue weighted by atomic mass is 32.2. The Morgan fingerprint density at radius 1 is 1.11 bits per heavy atom. The Balaban J connectivity index is 1.39. The largest absolute Gasteiger partial charge is 0.322 e. The van der Waals surface area contributed by atoms with Crippen LogP contribution in [0.25, 0.3) is 11.4 Å². The molecule has 0 saturated heterocycles. The molecular formula is C36H36N6O3S2. The number of anilines is 1. The van der Waals surface area contributed by atoms with Crippen LogP contribution in [0.4, 0.5) is 16.4 Å². The number of non-ortho nitro benzene ring substituents is 1. The lowest BCUT2D eigenvalue weighted by Crippen LogP contribution is -2.27. The molecule has 11 heteroatoms. The van der Waals surface area contributed by atoms with Crippen LogP contribution in [0.15, 0.2) is 93.9 Å². The molecule has 1 N–H and O–H groups in total. The van der Waals surface area contributed by atoms with Gasteiger partial charge in [-0.25, -0.2) is 4.99 Å². The minimum atomic E-state index is -0.414. The van der Waals surface area contributed by atoms with Gasteiger partial charge in [0.15, 0.2) is 11.0 Å². The van der Waals surface area contributed by atoms with Crippen LogP contribution in [0.5, 0.6) is 0 Å². The molecule has 6 rings (SSSR count). The fourth-order valence-corrected chi connectivity index (χ4v) is 8.11. The quantitative estimate of drug-likeness (QED) is 0.0954. The summed E-state index contributed by atoms with van der Waals surface area (Å²) in [4.78, 5) is 32.0. The summed E-state index contributed by atoms with van der Waals surface area (Å²) in [7, 11) is 0. The maximum atomic E-state index is 13.8. The van der Waals surface area contributed by atoms with Crippen molar-refractivity contribution in [2.24, 2.45) is 16.3 Å². The summed E-state index contributed by atoms with van der Waals surface area (Å²) in [6.45, 7) is 9.47. The van der Waals surface area contributed by atoms with Crippen molar-refractivity contribution in [1.29, 1.82) is 0 Å². The second-order valence-corrected chi connectivity index (χ2v) is 14.7. The van der Waals surface area contributed by atoms with Crippen molar-refractivity contribution >= 4 is 51.6 Å². The molecular weight excluding hydrogens is 629 g/mol. The first kappa shape index (κ1) is 32.3. The average molecular weight is 665 g/mol. The zero-order valence-electron chi connectivity index (χ0n) is 26.8. The number of thiophene rings is 1. The topological polar surface area (TPSA) is 115 Å². The highest BCUT2D eigenvalue weighted by Crippen LogP contribution is 2.45. The van der Waals surface area contributed by atoms with Crippen LogP contribution in [0.2, 0.25) is 0 Å². The fourth-order valence-electron chi connectivity index (χ4n) is 5.87. The molecule has 240 valence electrons. The van der Waals surface area contributed by atoms with E-state index in [0.717, 1.165) is 41.1 Å². The van der Waals surface area contributed by atoms with Crippen LogP contribution in [0.1, 0.15) is 60.5 Å². The van der Waals surface area contributed by atoms with E-state index in [1.54, 1.807) is 23.6 Å². The molecule has 0 fully saturated rings. The number of rotatable bonds is 9. The number of aliphatic imine (C=N–C) groups is 1. The van der Waals surface area contributed by atoms with Gasteiger partial charge in [-0.3, -0.25) is 14.9 Å². The molecule has 0 bridgehead atoms. The van der Waals surface area contributed by atoms with Gasteiger partial charge in [0.2, 0.25) is 0 Å². The molecule has 0 saturated carbocycles. The Labute approximate surface area is 282 Å². The van der Waals surface area contributed by atoms with E-state index in [-0.39, 0.29) is 17.0 Å². The number of nitro benzene ring substituents is 1. The van der Waals surface area contributed by atoms with E-state index in [4.69, 9.17) is 4.99 Å². The summed E-state index contributed by atoms with van der Waals surface area (Å²) in [6.07, 6.45) is 4.32. The number of aromatic nitrogens is 3. The van der Waals surface area contributed by atoms with Crippen LogP contribution >= 0.6 is 23.1 Å². The third-order valence-corrected chi connectivity index (χ3v) is 10.8. The van der Waals surface area contributed by atoms with E-state index in [9.17, 15) is 14.9 Å². The second-order valence-electron chi connectivity index (χ2n) is 12.6. The second kappa shape index (κ2) is 13.6. The number of hydrogen-bond acceptors (Lipinski definition) is 8. The van der Waals surface area contributed by atoms with E-state index in [1.165, 1.54) is 28.8 Å². The Kier molecular flexibility index (Phi) is 9.38. The molecule has 0 unspecified atom stereocenters. The highest BCUT2D eigenvalue weighted by molar-refractivity contribution is 7.99. The number of hydrogen-bond donors (Lipinski definition) is 1. The highest BCUT2D eigenvalue weighted by Gasteiger charge is 2.34. The molecule has 2 heterocycles. The zero-order chi connectivity index (χ0) is 33.1. The van der Waals surface area contributed by atoms with E-state index >= 15 is 0 Å². The number of para-hydroxylation sites is 1. The monoisotopic (exact) mass is 664 g/mol. The van der Waals surface area contributed by atoms with Gasteiger partial charge >= 0.3 is 0 Å². The molecule has 2 aromatic heterocycles. The number of benzene rings is 3. The molecule has 1 aliphatic rings. The Morgan fingerprint density at radius 3 is 2.51 bits per heavy atom. The molecule has 0 spiro atoms. The molecule has 3 aromatic carbocycles. The average Bonchev–Trinajstić information content (AvgIpc) is 3.65. The summed E-state index contributed by atoms with van der Waals surface area (Å²) in [6, 6.07) is 24.0. The number of fused-ring (bicyclic) bond motifs is 1. The first-order valence-electron chi connectivity index (χ1n) is 15.6. The van der Waals surface area contributed by atoms with Crippen molar-refractivity contribution in [2.45, 2.75) is 63.6 Å². The van der Waals surface area contributed by atoms with Gasteiger partial charge in [0.1, 0.15) is 5.00 Å². The lowest BCUT2D eigenvalue weighted by Gasteiger charge is -2.33. The number of nitrogens with zero attached hydrogens (tertiary/aromatic N) is 5. The summed E-state index contributed by atoms with van der Waals surface area (Å²) in [5.41, 5.74) is 3.96. The Hall–Kier alpha value is -4.61. The summed E-state index contributed by atoms with van der Waals surface area (Å²) in [5, 5.41) is 25.0. The summed E-state index contributed by atoms with van der Waals surface area (Å²) >= 11 is 2.92. The number of carbonyl (C=O) groups excluding carboxylic acids is 1. The first-order chi connectivity index (χ1) is 22.6. The Bertz CT molecular complexity index is 1940. The van der Waals surface area contributed by atoms with Gasteiger partial charge in [0, 0.05) is 51.5 Å². The van der Waals surface area contributed by atoms with Crippen LogP contribution in [0.3, 0.4) is 0 Å². The molecule has 0 aliphatic heterocycles. The van der Waals surface area contributed by atoms with Gasteiger partial charge in [0.05, 0.1) is 10.5 Å². The lowest BCUT2D eigenvalue weighted by atomic mass is 9.72. The van der Waals surface area contributed by atoms with Crippen molar-refractivity contribution in [3.63, 3.8) is 0 Å². The third-order valence-electron chi connectivity index (χ3n) is 8.52. The SMILES string of the molecule is CCn1c(Sc2ccc([N+](=O)[O-])cc2C=Nc2sc3c(c2C(=O)Nc2ccccc2)CC[C@@H](C(C)(C)C)C3)nnc1-c1ccccc1. The first-order valence-corrected chi connectivity index (χ1v) is 17.3. The fraction of sp³-hybridized carbons (Fsp3) is 0.278. The molecule has 9 nitrogen and oxygen atoms in total. The normalized spacial score (nSPS) is 14.7. The van der Waals surface area contributed by atoms with E-state index in [0.29, 0.717) is 39.4 Å². The summed E-state index contributed by atoms with van der Waals surface area (Å²) in [5.74, 6) is 1.04. The third kappa shape index (κ3) is 7.06. The maximum absolute atomic E-state index is 13.8. The number of amides is 1. The lowest BCUT2D eigenvalue weighted by molar-refractivity contribution is -0.384. The van der Waals surface area contributed by atoms with Gasteiger partial charge < -0.3 is 9.88 Å². The van der Waals surface area contributed by atoms with Gasteiger partial charge in [-0.1, -0.05) is 69.3 Å². The molecule has 1 aliphatic carbocycles. The predicted molar refractivity (Wildman–Crippen MR) is 189 cm³/mol. The molecule has 1 amide bonds. The van der Waals surface area contributed by atoms with Gasteiger partial charge in [0.25, 0.3) is 11.6 Å². The van der Waals surface area contributed by atoms with Gasteiger partial charge in [-0.15, -0.1) is 21.5 Å². The zero-order valence-corrected chi connectivity index (χ0v) is 28.4. The van der Waals surface area contributed by atoms with Crippen molar-refractivity contribution in [1.82, 2.24) is 14.8 Å². The van der Waals surface area contributed by atoms with Crippen molar-refractivity contribution in [3.8, 4) is 11.4 Å². The maximum Gasteiger partial charge on any atom is 0.270 e. The molecule has 0 radical (unpaired) electrons. The summed E-state index contributed by atoms with van der Waals surface area (Å²) < 4.78 is 2.02. The number of nitrogens with one attached hydrogen (secondary N) is 1. The predicted octanol–water partition coefficient (Wildman–Crippen LogP) is 9.24. The van der Waals surface area contributed by atoms with E-state index in [2.05, 4.69) is 36.3 Å².